The number of thioether (sulfide) groups is 1. The van der Waals surface area contributed by atoms with E-state index in [9.17, 15) is 13.2 Å². The molecule has 1 rings (SSSR count). The van der Waals surface area contributed by atoms with E-state index in [-0.39, 0.29) is 0 Å². The molecule has 0 aromatic carbocycles. The summed E-state index contributed by atoms with van der Waals surface area (Å²) in [7, 11) is 0. The summed E-state index contributed by atoms with van der Waals surface area (Å²) < 4.78 is 37.4. The number of thiazole rings is 1. The second-order valence-electron chi connectivity index (χ2n) is 4.15. The summed E-state index contributed by atoms with van der Waals surface area (Å²) in [6.45, 7) is 0. The Morgan fingerprint density at radius 3 is 2.40 bits per heavy atom. The Kier molecular flexibility index (Phi) is 4.39. The van der Waals surface area contributed by atoms with Crippen molar-refractivity contribution in [1.82, 2.24) is 4.98 Å². The Bertz CT molecular complexity index is 329. The number of alkyl halides is 3. The van der Waals surface area contributed by atoms with E-state index in [2.05, 4.69) is 19.8 Å². The molecule has 1 aromatic heterocycles. The van der Waals surface area contributed by atoms with E-state index in [4.69, 9.17) is 0 Å². The molecule has 0 radical (unpaired) electrons. The van der Waals surface area contributed by atoms with Gasteiger partial charge >= 0.3 is 99.8 Å². The Labute approximate surface area is 99.4 Å². The molecule has 7 heteroatoms. The van der Waals surface area contributed by atoms with Crippen molar-refractivity contribution in [3.05, 3.63) is 5.38 Å². The number of aromatic nitrogens is 1. The first-order valence-corrected chi connectivity index (χ1v) is 16.2. The monoisotopic (exact) mass is 363 g/mol. The zero-order valence-electron chi connectivity index (χ0n) is 8.68. The second kappa shape index (κ2) is 4.83. The zero-order chi connectivity index (χ0) is 11.7. The van der Waals surface area contributed by atoms with Crippen LogP contribution in [0, 0.1) is 0 Å². The van der Waals surface area contributed by atoms with Gasteiger partial charge in [-0.3, -0.25) is 0 Å². The Morgan fingerprint density at radius 1 is 1.40 bits per heavy atom. The molecular formula is C8H12F3NS2Sn. The van der Waals surface area contributed by atoms with Crippen molar-refractivity contribution in [2.45, 2.75) is 25.3 Å². The molecule has 0 bridgehead atoms. The van der Waals surface area contributed by atoms with Crippen molar-refractivity contribution in [2.24, 2.45) is 0 Å². The van der Waals surface area contributed by atoms with E-state index < -0.39 is 30.3 Å². The molecule has 0 saturated heterocycles. The van der Waals surface area contributed by atoms with Gasteiger partial charge in [-0.25, -0.2) is 0 Å². The van der Waals surface area contributed by atoms with E-state index >= 15 is 0 Å². The summed E-state index contributed by atoms with van der Waals surface area (Å²) in [6.07, 6.45) is -4.11. The van der Waals surface area contributed by atoms with Gasteiger partial charge in [0.25, 0.3) is 0 Å². The van der Waals surface area contributed by atoms with Gasteiger partial charge in [0.05, 0.1) is 0 Å². The van der Waals surface area contributed by atoms with Gasteiger partial charge in [0.15, 0.2) is 0 Å². The van der Waals surface area contributed by atoms with E-state index in [0.29, 0.717) is 4.34 Å². The third kappa shape index (κ3) is 4.95. The number of rotatable bonds is 3. The van der Waals surface area contributed by atoms with Gasteiger partial charge in [0.2, 0.25) is 0 Å². The summed E-state index contributed by atoms with van der Waals surface area (Å²) in [5.41, 5.74) is 0. The third-order valence-corrected chi connectivity index (χ3v) is 9.41. The van der Waals surface area contributed by atoms with Crippen LogP contribution < -0.4 is 3.71 Å². The minimum absolute atomic E-state index is 0.536. The molecule has 0 amide bonds. The molecular weight excluding hydrogens is 350 g/mol. The summed E-state index contributed by atoms with van der Waals surface area (Å²) in [4.78, 5) is 10.8. The summed E-state index contributed by atoms with van der Waals surface area (Å²) in [5, 5.41) is 1.91. The normalized spacial score (nSPS) is 13.2. The number of hydrogen-bond acceptors (Lipinski definition) is 3. The van der Waals surface area contributed by atoms with Crippen LogP contribution in [0.4, 0.5) is 13.2 Å². The first kappa shape index (κ1) is 13.6. The average molecular weight is 362 g/mol. The molecule has 1 nitrogen and oxygen atoms in total. The van der Waals surface area contributed by atoms with Crippen LogP contribution in [0.25, 0.3) is 0 Å². The van der Waals surface area contributed by atoms with Crippen LogP contribution in [0.1, 0.15) is 0 Å². The molecule has 0 atom stereocenters. The van der Waals surface area contributed by atoms with Crippen molar-refractivity contribution < 1.29 is 13.2 Å². The topological polar surface area (TPSA) is 12.9 Å². The van der Waals surface area contributed by atoms with Crippen LogP contribution in [-0.4, -0.2) is 35.3 Å². The average Bonchev–Trinajstić information content (AvgIpc) is 2.45. The molecule has 1 heterocycles. The summed E-state index contributed by atoms with van der Waals surface area (Å²) in [5.74, 6) is -0.848. The molecule has 15 heavy (non-hydrogen) atoms. The number of hydrogen-bond donors (Lipinski definition) is 0. The molecule has 0 aliphatic heterocycles. The fourth-order valence-electron chi connectivity index (χ4n) is 0.812. The van der Waals surface area contributed by atoms with Crippen molar-refractivity contribution in [3.8, 4) is 0 Å². The molecule has 1 aromatic rings. The molecule has 0 unspecified atom stereocenters. The molecule has 86 valence electrons. The van der Waals surface area contributed by atoms with Crippen molar-refractivity contribution in [2.75, 3.05) is 5.75 Å². The quantitative estimate of drug-likeness (QED) is 0.605. The fraction of sp³-hybridized carbons (Fsp3) is 0.625. The van der Waals surface area contributed by atoms with Crippen molar-refractivity contribution in [3.63, 3.8) is 0 Å². The third-order valence-electron chi connectivity index (χ3n) is 1.61. The van der Waals surface area contributed by atoms with Gasteiger partial charge in [-0.1, -0.05) is 0 Å². The number of halogens is 3. The zero-order valence-corrected chi connectivity index (χ0v) is 13.2. The molecule has 0 aliphatic rings. The van der Waals surface area contributed by atoms with E-state index in [1.807, 2.05) is 5.38 Å². The standard InChI is InChI=1S/C5H3F3NS2.3CH3.Sn/c6-5(7,8)3-11-4-9-1-2-10-4;;;;/h2H,3H2;3*1H3;. The van der Waals surface area contributed by atoms with E-state index in [0.717, 1.165) is 15.5 Å². The Balaban J connectivity index is 2.62. The molecule has 0 fully saturated rings. The van der Waals surface area contributed by atoms with Crippen molar-refractivity contribution in [1.29, 1.82) is 0 Å². The van der Waals surface area contributed by atoms with E-state index in [1.165, 1.54) is 11.3 Å². The van der Waals surface area contributed by atoms with Crippen LogP contribution in [0.5, 0.6) is 0 Å². The fourth-order valence-corrected chi connectivity index (χ4v) is 7.90. The van der Waals surface area contributed by atoms with Gasteiger partial charge in [-0.2, -0.15) is 0 Å². The first-order chi connectivity index (χ1) is 6.68. The Morgan fingerprint density at radius 2 is 2.00 bits per heavy atom. The first-order valence-electron chi connectivity index (χ1n) is 4.34. The SMILES string of the molecule is [CH3][Sn]([CH3])([CH3])[c]1csc(SCC(F)(F)F)n1. The predicted octanol–water partition coefficient (Wildman–Crippen LogP) is 3.34. The second-order valence-corrected chi connectivity index (χ2v) is 20.5. The van der Waals surface area contributed by atoms with Gasteiger partial charge in [-0.15, -0.1) is 0 Å². The summed E-state index contributed by atoms with van der Waals surface area (Å²) >= 11 is -0.0870. The number of nitrogens with zero attached hydrogens (tertiary/aromatic N) is 1. The van der Waals surface area contributed by atoms with Crippen molar-refractivity contribution >= 4 is 45.2 Å². The van der Waals surface area contributed by atoms with Crippen LogP contribution in [0.2, 0.25) is 14.8 Å². The summed E-state index contributed by atoms with van der Waals surface area (Å²) in [6, 6.07) is 0. The van der Waals surface area contributed by atoms with Gasteiger partial charge in [-0.05, 0) is 0 Å². The van der Waals surface area contributed by atoms with Gasteiger partial charge in [0.1, 0.15) is 0 Å². The molecule has 0 saturated carbocycles. The van der Waals surface area contributed by atoms with Crippen LogP contribution in [-0.2, 0) is 0 Å². The van der Waals surface area contributed by atoms with E-state index in [1.54, 1.807) is 0 Å². The maximum absolute atomic E-state index is 12.0. The molecule has 0 N–H and O–H groups in total. The van der Waals surface area contributed by atoms with Crippen LogP contribution >= 0.6 is 23.1 Å². The van der Waals surface area contributed by atoms with Crippen LogP contribution in [0.3, 0.4) is 0 Å². The molecule has 0 spiro atoms. The molecule has 0 aliphatic carbocycles. The maximum atomic E-state index is 12.0. The Hall–Kier alpha value is 0.569. The van der Waals surface area contributed by atoms with Gasteiger partial charge < -0.3 is 0 Å². The predicted molar refractivity (Wildman–Crippen MR) is 61.9 cm³/mol. The van der Waals surface area contributed by atoms with Gasteiger partial charge in [0, 0.05) is 0 Å². The van der Waals surface area contributed by atoms with Crippen LogP contribution in [0.15, 0.2) is 9.72 Å². The minimum atomic E-state index is -4.11.